The summed E-state index contributed by atoms with van der Waals surface area (Å²) in [6.45, 7) is 3.58. The number of ether oxygens (including phenoxy) is 2. The van der Waals surface area contributed by atoms with Crippen molar-refractivity contribution in [2.24, 2.45) is 0 Å². The Labute approximate surface area is 116 Å². The minimum atomic E-state index is 0.735. The molecule has 0 aliphatic rings. The Hall–Kier alpha value is -0.350. The van der Waals surface area contributed by atoms with Crippen LogP contribution >= 0.6 is 27.7 Å². The fraction of sp³-hybridized carbons (Fsp3) is 0.538. The van der Waals surface area contributed by atoms with Crippen LogP contribution in [0, 0.1) is 0 Å². The lowest BCUT2D eigenvalue weighted by molar-refractivity contribution is 0.309. The van der Waals surface area contributed by atoms with Crippen LogP contribution < -0.4 is 9.47 Å². The van der Waals surface area contributed by atoms with E-state index < -0.39 is 0 Å². The molecular weight excluding hydrogens is 300 g/mol. The summed E-state index contributed by atoms with van der Waals surface area (Å²) >= 11 is 5.25. The van der Waals surface area contributed by atoms with Crippen LogP contribution in [0.5, 0.6) is 11.5 Å². The second kappa shape index (κ2) is 8.70. The van der Waals surface area contributed by atoms with Crippen molar-refractivity contribution in [2.75, 3.05) is 25.2 Å². The number of benzene rings is 1. The third-order valence-electron chi connectivity index (χ3n) is 2.20. The maximum absolute atomic E-state index is 5.76. The monoisotopic (exact) mass is 318 g/mol. The lowest BCUT2D eigenvalue weighted by Crippen LogP contribution is -2.03. The third-order valence-corrected chi connectivity index (χ3v) is 3.38. The summed E-state index contributed by atoms with van der Waals surface area (Å²) in [5, 5.41) is 0.801. The third kappa shape index (κ3) is 5.21. The first-order valence-electron chi connectivity index (χ1n) is 5.75. The van der Waals surface area contributed by atoms with Gasteiger partial charge in [-0.2, -0.15) is 11.8 Å². The van der Waals surface area contributed by atoms with Crippen LogP contribution in [0.4, 0.5) is 0 Å². The quantitative estimate of drug-likeness (QED) is 0.531. The van der Waals surface area contributed by atoms with Crippen molar-refractivity contribution >= 4 is 27.7 Å². The number of rotatable bonds is 8. The summed E-state index contributed by atoms with van der Waals surface area (Å²) in [6.07, 6.45) is 3.10. The molecule has 4 heteroatoms. The van der Waals surface area contributed by atoms with E-state index in [1.165, 1.54) is 0 Å². The van der Waals surface area contributed by atoms with Crippen LogP contribution in [0.2, 0.25) is 0 Å². The molecule has 0 saturated heterocycles. The number of hydrogen-bond donors (Lipinski definition) is 0. The van der Waals surface area contributed by atoms with Crippen molar-refractivity contribution in [3.8, 4) is 11.5 Å². The Balaban J connectivity index is 2.68. The highest BCUT2D eigenvalue weighted by Crippen LogP contribution is 2.27. The lowest BCUT2D eigenvalue weighted by atomic mass is 10.2. The van der Waals surface area contributed by atoms with Crippen molar-refractivity contribution in [2.45, 2.75) is 18.7 Å². The average Bonchev–Trinajstić information content (AvgIpc) is 2.37. The summed E-state index contributed by atoms with van der Waals surface area (Å²) in [4.78, 5) is 0. The number of hydrogen-bond acceptors (Lipinski definition) is 3. The molecule has 96 valence electrons. The molecule has 2 nitrogen and oxygen atoms in total. The van der Waals surface area contributed by atoms with E-state index in [0.717, 1.165) is 47.8 Å². The molecule has 0 aliphatic carbocycles. The van der Waals surface area contributed by atoms with Gasteiger partial charge in [0.25, 0.3) is 0 Å². The summed E-state index contributed by atoms with van der Waals surface area (Å²) in [7, 11) is 0. The zero-order chi connectivity index (χ0) is 12.5. The lowest BCUT2D eigenvalue weighted by Gasteiger charge is -2.12. The number of alkyl halides is 1. The summed E-state index contributed by atoms with van der Waals surface area (Å²) in [6, 6.07) is 6.02. The smallest absolute Gasteiger partial charge is 0.127 e. The summed E-state index contributed by atoms with van der Waals surface area (Å²) < 4.78 is 11.4. The van der Waals surface area contributed by atoms with Crippen molar-refractivity contribution < 1.29 is 9.47 Å². The van der Waals surface area contributed by atoms with Gasteiger partial charge in [0.2, 0.25) is 0 Å². The molecule has 0 atom stereocenters. The van der Waals surface area contributed by atoms with E-state index in [4.69, 9.17) is 9.47 Å². The minimum Gasteiger partial charge on any atom is -0.493 e. The number of halogens is 1. The molecule has 1 rings (SSSR count). The van der Waals surface area contributed by atoms with Crippen molar-refractivity contribution in [1.82, 2.24) is 0 Å². The minimum absolute atomic E-state index is 0.735. The molecule has 0 aliphatic heterocycles. The van der Waals surface area contributed by atoms with Crippen molar-refractivity contribution in [3.05, 3.63) is 23.8 Å². The van der Waals surface area contributed by atoms with Gasteiger partial charge in [-0.05, 0) is 18.7 Å². The largest absolute Gasteiger partial charge is 0.493 e. The molecule has 0 amide bonds. The first kappa shape index (κ1) is 14.7. The molecule has 0 radical (unpaired) electrons. The first-order chi connectivity index (χ1) is 8.31. The maximum Gasteiger partial charge on any atom is 0.127 e. The molecule has 0 fully saturated rings. The van der Waals surface area contributed by atoms with Gasteiger partial charge in [-0.3, -0.25) is 0 Å². The van der Waals surface area contributed by atoms with E-state index in [0.29, 0.717) is 0 Å². The van der Waals surface area contributed by atoms with Gasteiger partial charge in [-0.15, -0.1) is 0 Å². The Morgan fingerprint density at radius 2 is 2.06 bits per heavy atom. The molecule has 1 aromatic rings. The van der Waals surface area contributed by atoms with Gasteiger partial charge in [0.1, 0.15) is 11.5 Å². The Bertz CT molecular complexity index is 331. The molecule has 0 saturated carbocycles. The molecule has 0 heterocycles. The molecule has 1 aromatic carbocycles. The van der Waals surface area contributed by atoms with E-state index in [-0.39, 0.29) is 0 Å². The van der Waals surface area contributed by atoms with Crippen molar-refractivity contribution in [1.29, 1.82) is 0 Å². The SMILES string of the molecule is CCCOc1ccc(CBr)c(OCCSC)c1. The second-order valence-corrected chi connectivity index (χ2v) is 5.14. The first-order valence-corrected chi connectivity index (χ1v) is 8.26. The second-order valence-electron chi connectivity index (χ2n) is 3.59. The van der Waals surface area contributed by atoms with Crippen LogP contribution in [-0.2, 0) is 5.33 Å². The van der Waals surface area contributed by atoms with E-state index >= 15 is 0 Å². The molecule has 17 heavy (non-hydrogen) atoms. The molecule has 0 unspecified atom stereocenters. The van der Waals surface area contributed by atoms with E-state index in [1.807, 2.05) is 18.2 Å². The zero-order valence-corrected chi connectivity index (χ0v) is 12.8. The van der Waals surface area contributed by atoms with E-state index in [2.05, 4.69) is 29.1 Å². The zero-order valence-electron chi connectivity index (χ0n) is 10.4. The van der Waals surface area contributed by atoms with Crippen molar-refractivity contribution in [3.63, 3.8) is 0 Å². The highest BCUT2D eigenvalue weighted by atomic mass is 79.9. The topological polar surface area (TPSA) is 18.5 Å². The standard InChI is InChI=1S/C13H19BrO2S/c1-3-6-15-12-5-4-11(10-14)13(9-12)16-7-8-17-2/h4-5,9H,3,6-8,10H2,1-2H3. The van der Waals surface area contributed by atoms with Gasteiger partial charge < -0.3 is 9.47 Å². The summed E-state index contributed by atoms with van der Waals surface area (Å²) in [5.41, 5.74) is 1.16. The van der Waals surface area contributed by atoms with Gasteiger partial charge in [-0.25, -0.2) is 0 Å². The van der Waals surface area contributed by atoms with E-state index in [9.17, 15) is 0 Å². The summed E-state index contributed by atoms with van der Waals surface area (Å²) in [5.74, 6) is 2.81. The maximum atomic E-state index is 5.76. The van der Waals surface area contributed by atoms with Gasteiger partial charge in [-0.1, -0.05) is 28.9 Å². The fourth-order valence-corrected chi connectivity index (χ4v) is 2.04. The van der Waals surface area contributed by atoms with Crippen LogP contribution in [0.1, 0.15) is 18.9 Å². The fourth-order valence-electron chi connectivity index (χ4n) is 1.32. The average molecular weight is 319 g/mol. The molecular formula is C13H19BrO2S. The van der Waals surface area contributed by atoms with Crippen LogP contribution in [0.3, 0.4) is 0 Å². The molecule has 0 N–H and O–H groups in total. The Morgan fingerprint density at radius 3 is 2.71 bits per heavy atom. The van der Waals surface area contributed by atoms with Gasteiger partial charge in [0, 0.05) is 22.7 Å². The van der Waals surface area contributed by atoms with E-state index in [1.54, 1.807) is 11.8 Å². The van der Waals surface area contributed by atoms with Gasteiger partial charge >= 0.3 is 0 Å². The normalized spacial score (nSPS) is 10.3. The molecule has 0 bridgehead atoms. The molecule has 0 aromatic heterocycles. The Kier molecular flexibility index (Phi) is 7.53. The van der Waals surface area contributed by atoms with Crippen LogP contribution in [0.25, 0.3) is 0 Å². The number of thioether (sulfide) groups is 1. The van der Waals surface area contributed by atoms with Gasteiger partial charge in [0.15, 0.2) is 0 Å². The Morgan fingerprint density at radius 1 is 1.24 bits per heavy atom. The predicted molar refractivity (Wildman–Crippen MR) is 78.7 cm³/mol. The van der Waals surface area contributed by atoms with Crippen LogP contribution in [-0.4, -0.2) is 25.2 Å². The highest BCUT2D eigenvalue weighted by molar-refractivity contribution is 9.08. The van der Waals surface area contributed by atoms with Crippen LogP contribution in [0.15, 0.2) is 18.2 Å². The predicted octanol–water partition coefficient (Wildman–Crippen LogP) is 4.11. The highest BCUT2D eigenvalue weighted by Gasteiger charge is 2.05. The molecule has 0 spiro atoms. The van der Waals surface area contributed by atoms with Gasteiger partial charge in [0.05, 0.1) is 13.2 Å².